The van der Waals surface area contributed by atoms with Crippen LogP contribution in [0.2, 0.25) is 0 Å². The maximum atomic E-state index is 6.14. The maximum Gasteiger partial charge on any atom is 0.494 e. The number of nitrogens with two attached hydrogens (primary N) is 1. The van der Waals surface area contributed by atoms with Crippen LogP contribution in [0.15, 0.2) is 24.3 Å². The zero-order chi connectivity index (χ0) is 16.0. The molecular formula is C17H27BN2O2. The molecule has 2 fully saturated rings. The van der Waals surface area contributed by atoms with E-state index in [0.717, 1.165) is 31.5 Å². The lowest BCUT2D eigenvalue weighted by Crippen LogP contribution is -2.41. The monoisotopic (exact) mass is 302 g/mol. The van der Waals surface area contributed by atoms with E-state index < -0.39 is 0 Å². The van der Waals surface area contributed by atoms with E-state index in [0.29, 0.717) is 6.04 Å². The van der Waals surface area contributed by atoms with Gasteiger partial charge in [0.25, 0.3) is 0 Å². The summed E-state index contributed by atoms with van der Waals surface area (Å²) in [6, 6.07) is 8.86. The average molecular weight is 302 g/mol. The third-order valence-electron chi connectivity index (χ3n) is 5.19. The fourth-order valence-corrected chi connectivity index (χ4v) is 3.08. The number of benzene rings is 1. The van der Waals surface area contributed by atoms with Crippen LogP contribution in [-0.4, -0.2) is 42.4 Å². The molecule has 0 spiro atoms. The van der Waals surface area contributed by atoms with Gasteiger partial charge >= 0.3 is 7.12 Å². The first kappa shape index (κ1) is 16.0. The molecule has 1 aromatic rings. The summed E-state index contributed by atoms with van der Waals surface area (Å²) in [6.45, 7) is 11.4. The van der Waals surface area contributed by atoms with Gasteiger partial charge in [-0.15, -0.1) is 0 Å². The van der Waals surface area contributed by atoms with Crippen molar-refractivity contribution in [2.75, 3.05) is 13.1 Å². The van der Waals surface area contributed by atoms with E-state index in [2.05, 4.69) is 56.9 Å². The summed E-state index contributed by atoms with van der Waals surface area (Å²) < 4.78 is 12.3. The minimum atomic E-state index is -0.296. The zero-order valence-corrected chi connectivity index (χ0v) is 14.1. The Morgan fingerprint density at radius 3 is 2.50 bits per heavy atom. The molecule has 2 saturated heterocycles. The molecule has 3 rings (SSSR count). The highest BCUT2D eigenvalue weighted by molar-refractivity contribution is 6.62. The lowest BCUT2D eigenvalue weighted by atomic mass is 9.78. The first-order valence-electron chi connectivity index (χ1n) is 8.19. The number of hydrogen-bond donors (Lipinski definition) is 1. The second-order valence-electron chi connectivity index (χ2n) is 7.62. The number of rotatable bonds is 3. The first-order valence-corrected chi connectivity index (χ1v) is 8.19. The topological polar surface area (TPSA) is 47.7 Å². The van der Waals surface area contributed by atoms with Gasteiger partial charge in [-0.3, -0.25) is 4.90 Å². The van der Waals surface area contributed by atoms with Gasteiger partial charge in [0.05, 0.1) is 11.2 Å². The Morgan fingerprint density at radius 2 is 1.91 bits per heavy atom. The van der Waals surface area contributed by atoms with Crippen molar-refractivity contribution in [3.8, 4) is 0 Å². The van der Waals surface area contributed by atoms with E-state index in [1.807, 2.05) is 0 Å². The summed E-state index contributed by atoms with van der Waals surface area (Å²) in [4.78, 5) is 2.41. The van der Waals surface area contributed by atoms with Crippen molar-refractivity contribution in [3.05, 3.63) is 29.8 Å². The molecule has 2 aliphatic rings. The van der Waals surface area contributed by atoms with Gasteiger partial charge in [0.1, 0.15) is 0 Å². The molecule has 0 bridgehead atoms. The molecule has 5 heteroatoms. The molecule has 0 saturated carbocycles. The maximum absolute atomic E-state index is 6.14. The fourth-order valence-electron chi connectivity index (χ4n) is 3.08. The predicted molar refractivity (Wildman–Crippen MR) is 90.0 cm³/mol. The summed E-state index contributed by atoms with van der Waals surface area (Å²) in [7, 11) is -0.286. The van der Waals surface area contributed by atoms with Crippen LogP contribution >= 0.6 is 0 Å². The highest BCUT2D eigenvalue weighted by Crippen LogP contribution is 2.36. The van der Waals surface area contributed by atoms with Gasteiger partial charge in [-0.25, -0.2) is 0 Å². The number of likely N-dealkylation sites (tertiary alicyclic amines) is 1. The quantitative estimate of drug-likeness (QED) is 0.860. The van der Waals surface area contributed by atoms with Gasteiger partial charge in [0.15, 0.2) is 0 Å². The van der Waals surface area contributed by atoms with Crippen molar-refractivity contribution in [2.24, 2.45) is 5.73 Å². The summed E-state index contributed by atoms with van der Waals surface area (Å²) in [5.74, 6) is 0. The Morgan fingerprint density at radius 1 is 1.23 bits per heavy atom. The Balaban J connectivity index is 1.72. The number of hydrogen-bond acceptors (Lipinski definition) is 4. The van der Waals surface area contributed by atoms with E-state index in [9.17, 15) is 0 Å². The van der Waals surface area contributed by atoms with E-state index in [1.165, 1.54) is 5.56 Å². The van der Waals surface area contributed by atoms with E-state index in [4.69, 9.17) is 15.0 Å². The van der Waals surface area contributed by atoms with Crippen molar-refractivity contribution in [2.45, 2.75) is 57.9 Å². The van der Waals surface area contributed by atoms with Crippen molar-refractivity contribution < 1.29 is 9.31 Å². The van der Waals surface area contributed by atoms with E-state index in [1.54, 1.807) is 0 Å². The van der Waals surface area contributed by atoms with Crippen molar-refractivity contribution >= 4 is 12.6 Å². The largest absolute Gasteiger partial charge is 0.494 e. The third-order valence-corrected chi connectivity index (χ3v) is 5.19. The minimum Gasteiger partial charge on any atom is -0.399 e. The van der Waals surface area contributed by atoms with E-state index in [-0.39, 0.29) is 18.3 Å². The van der Waals surface area contributed by atoms with Gasteiger partial charge in [0.2, 0.25) is 0 Å². The Kier molecular flexibility index (Phi) is 4.10. The van der Waals surface area contributed by atoms with Crippen molar-refractivity contribution in [3.63, 3.8) is 0 Å². The molecule has 2 N–H and O–H groups in total. The van der Waals surface area contributed by atoms with Crippen LogP contribution in [0.25, 0.3) is 0 Å². The molecule has 2 aliphatic heterocycles. The van der Waals surface area contributed by atoms with Gasteiger partial charge in [-0.05, 0) is 45.1 Å². The van der Waals surface area contributed by atoms with Crippen LogP contribution in [0.3, 0.4) is 0 Å². The van der Waals surface area contributed by atoms with Gasteiger partial charge in [0, 0.05) is 25.7 Å². The van der Waals surface area contributed by atoms with Crippen LogP contribution in [-0.2, 0) is 15.9 Å². The van der Waals surface area contributed by atoms with Crippen LogP contribution in [0.5, 0.6) is 0 Å². The Bertz CT molecular complexity index is 531. The van der Waals surface area contributed by atoms with Gasteiger partial charge < -0.3 is 15.0 Å². The molecule has 22 heavy (non-hydrogen) atoms. The fraction of sp³-hybridized carbons (Fsp3) is 0.647. The number of nitrogens with zero attached hydrogens (tertiary/aromatic N) is 1. The van der Waals surface area contributed by atoms with Crippen molar-refractivity contribution in [1.82, 2.24) is 4.90 Å². The summed E-state index contributed by atoms with van der Waals surface area (Å²) in [5.41, 5.74) is 7.78. The second kappa shape index (κ2) is 5.64. The zero-order valence-electron chi connectivity index (χ0n) is 14.1. The third kappa shape index (κ3) is 3.09. The molecule has 1 unspecified atom stereocenters. The average Bonchev–Trinajstić information content (AvgIpc) is 2.91. The summed E-state index contributed by atoms with van der Waals surface area (Å²) >= 11 is 0. The van der Waals surface area contributed by atoms with Crippen LogP contribution in [0.1, 0.15) is 39.7 Å². The predicted octanol–water partition coefficient (Wildman–Crippen LogP) is 1.52. The SMILES string of the molecule is CC1(C)OB(c2cccc(CN3CCC(N)C3)c2)OC1(C)C. The molecule has 4 nitrogen and oxygen atoms in total. The second-order valence-corrected chi connectivity index (χ2v) is 7.62. The highest BCUT2D eigenvalue weighted by atomic mass is 16.7. The Hall–Kier alpha value is -0.875. The van der Waals surface area contributed by atoms with Gasteiger partial charge in [-0.1, -0.05) is 24.3 Å². The van der Waals surface area contributed by atoms with Crippen LogP contribution < -0.4 is 11.2 Å². The minimum absolute atomic E-state index is 0.286. The molecule has 2 heterocycles. The van der Waals surface area contributed by atoms with Crippen molar-refractivity contribution in [1.29, 1.82) is 0 Å². The Labute approximate surface area is 134 Å². The molecule has 0 aliphatic carbocycles. The summed E-state index contributed by atoms with van der Waals surface area (Å²) in [5, 5.41) is 0. The molecule has 120 valence electrons. The summed E-state index contributed by atoms with van der Waals surface area (Å²) in [6.07, 6.45) is 1.09. The highest BCUT2D eigenvalue weighted by Gasteiger charge is 2.51. The van der Waals surface area contributed by atoms with Crippen LogP contribution in [0, 0.1) is 0 Å². The molecule has 0 amide bonds. The molecule has 0 aromatic heterocycles. The smallest absolute Gasteiger partial charge is 0.399 e. The first-order chi connectivity index (χ1) is 10.3. The molecular weight excluding hydrogens is 275 g/mol. The van der Waals surface area contributed by atoms with Crippen LogP contribution in [0.4, 0.5) is 0 Å². The standard InChI is InChI=1S/C17H27BN2O2/c1-16(2)17(3,4)22-18(21-16)14-7-5-6-13(10-14)11-20-9-8-15(19)12-20/h5-7,10,15H,8-9,11-12,19H2,1-4H3. The lowest BCUT2D eigenvalue weighted by Gasteiger charge is -2.32. The molecule has 1 aromatic carbocycles. The van der Waals surface area contributed by atoms with E-state index >= 15 is 0 Å². The normalized spacial score (nSPS) is 27.5. The molecule has 0 radical (unpaired) electrons. The lowest BCUT2D eigenvalue weighted by molar-refractivity contribution is 0.00578. The molecule has 1 atom stereocenters. The van der Waals surface area contributed by atoms with Gasteiger partial charge in [-0.2, -0.15) is 0 Å².